The topological polar surface area (TPSA) is 9.23 Å². The average Bonchev–Trinajstić information content (AvgIpc) is 2.76. The minimum absolute atomic E-state index is 0.196. The summed E-state index contributed by atoms with van der Waals surface area (Å²) in [6.07, 6.45) is 6.73. The highest BCUT2D eigenvalue weighted by Gasteiger charge is 2.33. The van der Waals surface area contributed by atoms with Crippen LogP contribution >= 0.6 is 0 Å². The number of rotatable bonds is 0. The van der Waals surface area contributed by atoms with Crippen molar-refractivity contribution in [2.24, 2.45) is 5.92 Å². The fraction of sp³-hybridized carbons (Fsp3) is 0.176. The molecule has 0 N–H and O–H groups in total. The Morgan fingerprint density at radius 3 is 2.67 bits per heavy atom. The van der Waals surface area contributed by atoms with Crippen LogP contribution in [0.15, 0.2) is 54.6 Å². The Labute approximate surface area is 106 Å². The molecule has 2 atom stereocenters. The maximum absolute atomic E-state index is 6.11. The van der Waals surface area contributed by atoms with Gasteiger partial charge in [0.25, 0.3) is 0 Å². The quantitative estimate of drug-likeness (QED) is 0.664. The summed E-state index contributed by atoms with van der Waals surface area (Å²) in [5, 5.41) is 2.53. The summed E-state index contributed by atoms with van der Waals surface area (Å²) < 4.78 is 6.11. The van der Waals surface area contributed by atoms with Crippen molar-refractivity contribution >= 4 is 16.3 Å². The number of fused-ring (bicyclic) bond motifs is 4. The van der Waals surface area contributed by atoms with Crippen molar-refractivity contribution in [2.45, 2.75) is 13.0 Å². The molecular weight excluding hydrogens is 220 g/mol. The lowest BCUT2D eigenvalue weighted by atomic mass is 9.89. The van der Waals surface area contributed by atoms with Gasteiger partial charge in [-0.1, -0.05) is 49.4 Å². The molecule has 0 aromatic heterocycles. The zero-order chi connectivity index (χ0) is 12.1. The normalized spacial score (nSPS) is 24.4. The third-order valence-corrected chi connectivity index (χ3v) is 3.89. The molecular formula is C17H14O. The first-order valence-corrected chi connectivity index (χ1v) is 6.41. The van der Waals surface area contributed by atoms with E-state index in [-0.39, 0.29) is 6.10 Å². The summed E-state index contributed by atoms with van der Waals surface area (Å²) in [4.78, 5) is 0. The molecule has 0 fully saturated rings. The van der Waals surface area contributed by atoms with Crippen LogP contribution in [-0.4, -0.2) is 6.10 Å². The largest absolute Gasteiger partial charge is 0.484 e. The van der Waals surface area contributed by atoms with E-state index in [0.717, 1.165) is 5.75 Å². The third kappa shape index (κ3) is 1.28. The van der Waals surface area contributed by atoms with Gasteiger partial charge in [0.05, 0.1) is 0 Å². The van der Waals surface area contributed by atoms with Crippen molar-refractivity contribution in [1.29, 1.82) is 0 Å². The molecule has 0 radical (unpaired) electrons. The summed E-state index contributed by atoms with van der Waals surface area (Å²) in [5.74, 6) is 1.47. The highest BCUT2D eigenvalue weighted by molar-refractivity contribution is 5.92. The lowest BCUT2D eigenvalue weighted by Gasteiger charge is -2.19. The van der Waals surface area contributed by atoms with Crippen LogP contribution in [0, 0.1) is 5.92 Å². The molecule has 0 amide bonds. The lowest BCUT2D eigenvalue weighted by molar-refractivity contribution is 0.235. The molecule has 88 valence electrons. The monoisotopic (exact) mass is 234 g/mol. The van der Waals surface area contributed by atoms with E-state index >= 15 is 0 Å². The van der Waals surface area contributed by atoms with Crippen molar-refractivity contribution < 1.29 is 4.74 Å². The Balaban J connectivity index is 1.97. The minimum Gasteiger partial charge on any atom is -0.484 e. The smallest absolute Gasteiger partial charge is 0.130 e. The second-order valence-corrected chi connectivity index (χ2v) is 5.10. The van der Waals surface area contributed by atoms with Crippen LogP contribution in [0.25, 0.3) is 16.3 Å². The summed E-state index contributed by atoms with van der Waals surface area (Å²) >= 11 is 0. The van der Waals surface area contributed by atoms with E-state index in [2.05, 4.69) is 61.5 Å². The standard InChI is InChI=1S/C17H14O/c1-11-5-4-8-14-15-9-12-6-2-3-7-13(12)10-16(15)18-17(11)14/h2-11,17H,1H3. The number of benzene rings is 2. The van der Waals surface area contributed by atoms with Crippen LogP contribution in [0.2, 0.25) is 0 Å². The molecule has 4 rings (SSSR count). The SMILES string of the molecule is CC1C=CC=C2c3cc4ccccc4cc3OC21. The number of hydrogen-bond acceptors (Lipinski definition) is 1. The summed E-state index contributed by atoms with van der Waals surface area (Å²) in [6.45, 7) is 2.21. The van der Waals surface area contributed by atoms with Crippen LogP contribution in [-0.2, 0) is 0 Å². The highest BCUT2D eigenvalue weighted by atomic mass is 16.5. The molecule has 0 bridgehead atoms. The number of ether oxygens (including phenoxy) is 1. The Bertz CT molecular complexity index is 694. The molecule has 2 unspecified atom stereocenters. The molecule has 0 saturated carbocycles. The first-order valence-electron chi connectivity index (χ1n) is 6.41. The van der Waals surface area contributed by atoms with Crippen LogP contribution in [0.4, 0.5) is 0 Å². The second kappa shape index (κ2) is 3.49. The lowest BCUT2D eigenvalue weighted by Crippen LogP contribution is -2.21. The van der Waals surface area contributed by atoms with Gasteiger partial charge in [0.2, 0.25) is 0 Å². The Kier molecular flexibility index (Phi) is 1.93. The Morgan fingerprint density at radius 1 is 1.06 bits per heavy atom. The third-order valence-electron chi connectivity index (χ3n) is 3.89. The molecule has 0 spiro atoms. The highest BCUT2D eigenvalue weighted by Crippen LogP contribution is 2.43. The van der Waals surface area contributed by atoms with Crippen molar-refractivity contribution in [3.63, 3.8) is 0 Å². The van der Waals surface area contributed by atoms with Crippen molar-refractivity contribution in [3.8, 4) is 5.75 Å². The zero-order valence-electron chi connectivity index (χ0n) is 10.3. The first-order chi connectivity index (χ1) is 8.83. The van der Waals surface area contributed by atoms with Gasteiger partial charge in [-0.15, -0.1) is 0 Å². The van der Waals surface area contributed by atoms with E-state index in [9.17, 15) is 0 Å². The molecule has 1 heterocycles. The Morgan fingerprint density at radius 2 is 1.83 bits per heavy atom. The van der Waals surface area contributed by atoms with Crippen molar-refractivity contribution in [2.75, 3.05) is 0 Å². The predicted octanol–water partition coefficient (Wildman–Crippen LogP) is 4.19. The molecule has 18 heavy (non-hydrogen) atoms. The minimum atomic E-state index is 0.196. The van der Waals surface area contributed by atoms with Crippen LogP contribution in [0.1, 0.15) is 12.5 Å². The van der Waals surface area contributed by atoms with Crippen molar-refractivity contribution in [1.82, 2.24) is 0 Å². The summed E-state index contributed by atoms with van der Waals surface area (Å²) in [6, 6.07) is 12.9. The molecule has 2 aromatic carbocycles. The summed E-state index contributed by atoms with van der Waals surface area (Å²) in [5.41, 5.74) is 2.58. The first kappa shape index (κ1) is 9.95. The predicted molar refractivity (Wildman–Crippen MR) is 74.6 cm³/mol. The van der Waals surface area contributed by atoms with E-state index < -0.39 is 0 Å². The Hall–Kier alpha value is -2.02. The maximum atomic E-state index is 6.11. The second-order valence-electron chi connectivity index (χ2n) is 5.10. The van der Waals surface area contributed by atoms with Crippen molar-refractivity contribution in [3.05, 3.63) is 60.2 Å². The van der Waals surface area contributed by atoms with Gasteiger partial charge in [-0.2, -0.15) is 0 Å². The average molecular weight is 234 g/mol. The molecule has 1 heteroatoms. The van der Waals surface area contributed by atoms with E-state index in [1.54, 1.807) is 0 Å². The van der Waals surface area contributed by atoms with Gasteiger partial charge in [0.15, 0.2) is 0 Å². The molecule has 2 aromatic rings. The van der Waals surface area contributed by atoms with Gasteiger partial charge >= 0.3 is 0 Å². The molecule has 0 saturated heterocycles. The van der Waals surface area contributed by atoms with Gasteiger partial charge < -0.3 is 4.74 Å². The molecule has 1 aliphatic carbocycles. The van der Waals surface area contributed by atoms with E-state index in [1.165, 1.54) is 21.9 Å². The molecule has 1 nitrogen and oxygen atoms in total. The summed E-state index contributed by atoms with van der Waals surface area (Å²) in [7, 11) is 0. The molecule has 1 aliphatic heterocycles. The number of hydrogen-bond donors (Lipinski definition) is 0. The fourth-order valence-corrected chi connectivity index (χ4v) is 2.91. The van der Waals surface area contributed by atoms with Crippen LogP contribution in [0.3, 0.4) is 0 Å². The van der Waals surface area contributed by atoms with Gasteiger partial charge in [0, 0.05) is 17.1 Å². The number of allylic oxidation sites excluding steroid dienone is 2. The van der Waals surface area contributed by atoms with E-state index in [1.807, 2.05) is 0 Å². The van der Waals surface area contributed by atoms with Gasteiger partial charge in [-0.05, 0) is 22.9 Å². The van der Waals surface area contributed by atoms with E-state index in [0.29, 0.717) is 5.92 Å². The molecule has 2 aliphatic rings. The maximum Gasteiger partial charge on any atom is 0.130 e. The van der Waals surface area contributed by atoms with Gasteiger partial charge in [-0.25, -0.2) is 0 Å². The van der Waals surface area contributed by atoms with Gasteiger partial charge in [-0.3, -0.25) is 0 Å². The van der Waals surface area contributed by atoms with Gasteiger partial charge in [0.1, 0.15) is 11.9 Å². The van der Waals surface area contributed by atoms with Crippen LogP contribution in [0.5, 0.6) is 5.75 Å². The van der Waals surface area contributed by atoms with E-state index in [4.69, 9.17) is 4.74 Å². The van der Waals surface area contributed by atoms with Crippen LogP contribution < -0.4 is 4.74 Å². The fourth-order valence-electron chi connectivity index (χ4n) is 2.91. The zero-order valence-corrected chi connectivity index (χ0v) is 10.3.